The van der Waals surface area contributed by atoms with E-state index in [0.717, 1.165) is 33.2 Å². The third-order valence-electron chi connectivity index (χ3n) is 7.77. The molecule has 1 amide bonds. The lowest BCUT2D eigenvalue weighted by Gasteiger charge is -2.33. The number of anilines is 1. The van der Waals surface area contributed by atoms with Crippen LogP contribution >= 0.6 is 11.3 Å². The second-order valence-corrected chi connectivity index (χ2v) is 11.9. The first kappa shape index (κ1) is 30.4. The van der Waals surface area contributed by atoms with Gasteiger partial charge >= 0.3 is 0 Å². The molecular formula is C33H32F2N6O3S. The molecule has 1 aliphatic heterocycles. The Bertz CT molecular complexity index is 1900. The summed E-state index contributed by atoms with van der Waals surface area (Å²) in [6.45, 7) is 6.71. The van der Waals surface area contributed by atoms with E-state index in [2.05, 4.69) is 11.6 Å². The molecule has 9 nitrogen and oxygen atoms in total. The van der Waals surface area contributed by atoms with E-state index in [0.29, 0.717) is 35.7 Å². The van der Waals surface area contributed by atoms with Gasteiger partial charge in [-0.15, -0.1) is 11.3 Å². The number of amides is 1. The number of hydrogen-bond donors (Lipinski definition) is 0. The van der Waals surface area contributed by atoms with E-state index >= 15 is 4.39 Å². The molecule has 0 saturated heterocycles. The number of carbonyl (C=O) groups is 1. The van der Waals surface area contributed by atoms with Crippen molar-refractivity contribution in [2.24, 2.45) is 0 Å². The Morgan fingerprint density at radius 3 is 2.69 bits per heavy atom. The molecule has 1 aliphatic rings. The largest absolute Gasteiger partial charge is 0.490 e. The van der Waals surface area contributed by atoms with Crippen molar-refractivity contribution in [2.75, 3.05) is 39.3 Å². The molecule has 0 spiro atoms. The molecule has 45 heavy (non-hydrogen) atoms. The predicted molar refractivity (Wildman–Crippen MR) is 171 cm³/mol. The van der Waals surface area contributed by atoms with Gasteiger partial charge in [0.25, 0.3) is 0 Å². The van der Waals surface area contributed by atoms with Gasteiger partial charge in [0.1, 0.15) is 41.2 Å². The minimum absolute atomic E-state index is 0.0346. The Labute approximate surface area is 263 Å². The van der Waals surface area contributed by atoms with Crippen LogP contribution < -0.4 is 9.64 Å². The van der Waals surface area contributed by atoms with Crippen LogP contribution in [0.15, 0.2) is 60.6 Å². The maximum atomic E-state index is 16.0. The highest BCUT2D eigenvalue weighted by molar-refractivity contribution is 7.18. The molecular weight excluding hydrogens is 598 g/mol. The average Bonchev–Trinajstić information content (AvgIpc) is 3.67. The predicted octanol–water partition coefficient (Wildman–Crippen LogP) is 6.17. The van der Waals surface area contributed by atoms with Crippen LogP contribution in [0.5, 0.6) is 5.75 Å². The van der Waals surface area contributed by atoms with Gasteiger partial charge in [0, 0.05) is 66.8 Å². The number of benzene rings is 1. The van der Waals surface area contributed by atoms with Gasteiger partial charge < -0.3 is 19.3 Å². The Morgan fingerprint density at radius 1 is 1.16 bits per heavy atom. The number of aromatic nitrogens is 4. The van der Waals surface area contributed by atoms with Gasteiger partial charge in [-0.05, 0) is 42.6 Å². The summed E-state index contributed by atoms with van der Waals surface area (Å²) in [4.78, 5) is 25.9. The monoisotopic (exact) mass is 630 g/mol. The number of nitrogens with zero attached hydrogens (tertiary/aromatic N) is 6. The van der Waals surface area contributed by atoms with Crippen LogP contribution in [-0.2, 0) is 22.6 Å². The number of thiophene rings is 1. The van der Waals surface area contributed by atoms with Crippen LogP contribution in [0.25, 0.3) is 43.9 Å². The van der Waals surface area contributed by atoms with E-state index in [4.69, 9.17) is 19.6 Å². The summed E-state index contributed by atoms with van der Waals surface area (Å²) in [7, 11) is 5.36. The summed E-state index contributed by atoms with van der Waals surface area (Å²) in [5.74, 6) is -0.893. The zero-order chi connectivity index (χ0) is 31.8. The number of methoxy groups -OCH3 is 1. The Kier molecular flexibility index (Phi) is 8.34. The smallest absolute Gasteiger partial charge is 0.246 e. The highest BCUT2D eigenvalue weighted by atomic mass is 32.1. The fourth-order valence-corrected chi connectivity index (χ4v) is 6.49. The van der Waals surface area contributed by atoms with Crippen molar-refractivity contribution in [2.45, 2.75) is 26.1 Å². The van der Waals surface area contributed by atoms with Crippen molar-refractivity contribution in [3.63, 3.8) is 0 Å². The van der Waals surface area contributed by atoms with Crippen LogP contribution in [0.4, 0.5) is 14.6 Å². The fourth-order valence-electron chi connectivity index (χ4n) is 5.54. The summed E-state index contributed by atoms with van der Waals surface area (Å²) in [5, 5.41) is 7.60. The normalized spacial score (nSPS) is 14.4. The maximum absolute atomic E-state index is 16.0. The van der Waals surface area contributed by atoms with E-state index < -0.39 is 11.6 Å². The van der Waals surface area contributed by atoms with Gasteiger partial charge in [-0.2, -0.15) is 5.10 Å². The van der Waals surface area contributed by atoms with E-state index in [9.17, 15) is 9.18 Å². The second kappa shape index (κ2) is 12.4. The average molecular weight is 631 g/mol. The number of carbonyl (C=O) groups excluding carboxylic acids is 1. The molecule has 0 unspecified atom stereocenters. The molecule has 0 saturated carbocycles. The highest BCUT2D eigenvalue weighted by Gasteiger charge is 2.30. The summed E-state index contributed by atoms with van der Waals surface area (Å²) in [6.07, 6.45) is 3.06. The van der Waals surface area contributed by atoms with Gasteiger partial charge in [-0.1, -0.05) is 6.58 Å². The fraction of sp³-hybridized carbons (Fsp3) is 0.273. The molecule has 0 N–H and O–H groups in total. The van der Waals surface area contributed by atoms with E-state index in [-0.39, 0.29) is 36.5 Å². The molecule has 232 valence electrons. The molecule has 1 aromatic carbocycles. The van der Waals surface area contributed by atoms with E-state index in [1.54, 1.807) is 11.1 Å². The summed E-state index contributed by atoms with van der Waals surface area (Å²) >= 11 is 1.42. The van der Waals surface area contributed by atoms with Crippen LogP contribution in [-0.4, -0.2) is 71.0 Å². The molecule has 0 aliphatic carbocycles. The number of pyridine rings is 2. The molecule has 0 fully saturated rings. The Hall–Kier alpha value is -4.68. The standard InChI is InChI=1S/C33H32F2N6O3S/c1-6-28(42)40-18-22-15-25(38-41(22)17-19(40)2)32-30(29-24(35)13-21(34)14-26(29)44-11-10-43-5)33-23(9-12-45-33)31(37-32)20-7-8-27(36-16-20)39(3)4/h6-9,12-16,19H,1,10-11,17-18H2,2-5H3/t19-/m1/s1. The van der Waals surface area contributed by atoms with Crippen molar-refractivity contribution in [3.8, 4) is 39.5 Å². The number of halogens is 2. The van der Waals surface area contributed by atoms with Crippen molar-refractivity contribution in [1.82, 2.24) is 24.6 Å². The Balaban J connectivity index is 1.61. The molecule has 1 atom stereocenters. The van der Waals surface area contributed by atoms with Crippen molar-refractivity contribution in [1.29, 1.82) is 0 Å². The topological polar surface area (TPSA) is 85.6 Å². The van der Waals surface area contributed by atoms with Gasteiger partial charge in [0.15, 0.2) is 0 Å². The minimum Gasteiger partial charge on any atom is -0.490 e. The number of hydrogen-bond acceptors (Lipinski definition) is 8. The van der Waals surface area contributed by atoms with Crippen molar-refractivity contribution < 1.29 is 23.0 Å². The first-order valence-electron chi connectivity index (χ1n) is 14.4. The van der Waals surface area contributed by atoms with Gasteiger partial charge in [-0.25, -0.2) is 18.7 Å². The van der Waals surface area contributed by atoms with E-state index in [1.807, 2.05) is 60.2 Å². The minimum atomic E-state index is -0.787. The maximum Gasteiger partial charge on any atom is 0.246 e. The van der Waals surface area contributed by atoms with Gasteiger partial charge in [0.05, 0.1) is 36.6 Å². The molecule has 4 aromatic heterocycles. The van der Waals surface area contributed by atoms with Crippen LogP contribution in [0.1, 0.15) is 12.6 Å². The number of fused-ring (bicyclic) bond motifs is 2. The molecule has 5 heterocycles. The van der Waals surface area contributed by atoms with Crippen LogP contribution in [0.3, 0.4) is 0 Å². The summed E-state index contributed by atoms with van der Waals surface area (Å²) in [5.41, 5.74) is 3.62. The first-order valence-corrected chi connectivity index (χ1v) is 15.2. The molecule has 5 aromatic rings. The number of ether oxygens (including phenoxy) is 2. The SMILES string of the molecule is C=CC(=O)N1Cc2cc(-c3nc(-c4ccc(N(C)C)nc4)c4ccsc4c3-c3c(F)cc(F)cc3OCCOC)nn2C[C@H]1C. The van der Waals surface area contributed by atoms with Gasteiger partial charge in [-0.3, -0.25) is 9.48 Å². The lowest BCUT2D eigenvalue weighted by molar-refractivity contribution is -0.129. The molecule has 12 heteroatoms. The number of rotatable bonds is 9. The van der Waals surface area contributed by atoms with Gasteiger partial charge in [0.2, 0.25) is 5.91 Å². The van der Waals surface area contributed by atoms with Crippen LogP contribution in [0, 0.1) is 11.6 Å². The third-order valence-corrected chi connectivity index (χ3v) is 8.70. The lowest BCUT2D eigenvalue weighted by Crippen LogP contribution is -2.44. The van der Waals surface area contributed by atoms with Crippen molar-refractivity contribution >= 4 is 33.1 Å². The summed E-state index contributed by atoms with van der Waals surface area (Å²) < 4.78 is 44.1. The molecule has 0 bridgehead atoms. The first-order chi connectivity index (χ1) is 21.7. The second-order valence-electron chi connectivity index (χ2n) is 11.0. The lowest BCUT2D eigenvalue weighted by atomic mass is 9.96. The third kappa shape index (κ3) is 5.67. The quantitative estimate of drug-likeness (QED) is 0.142. The van der Waals surface area contributed by atoms with Crippen molar-refractivity contribution in [3.05, 3.63) is 78.0 Å². The highest BCUT2D eigenvalue weighted by Crippen LogP contribution is 2.47. The zero-order valence-corrected chi connectivity index (χ0v) is 26.2. The summed E-state index contributed by atoms with van der Waals surface area (Å²) in [6, 6.07) is 9.56. The molecule has 6 rings (SSSR count). The zero-order valence-electron chi connectivity index (χ0n) is 25.4. The molecule has 0 radical (unpaired) electrons. The van der Waals surface area contributed by atoms with Crippen LogP contribution in [0.2, 0.25) is 0 Å². The Morgan fingerprint density at radius 2 is 1.98 bits per heavy atom. The van der Waals surface area contributed by atoms with E-state index in [1.165, 1.54) is 30.6 Å².